The summed E-state index contributed by atoms with van der Waals surface area (Å²) in [6, 6.07) is 14.1. The van der Waals surface area contributed by atoms with Crippen molar-refractivity contribution in [3.05, 3.63) is 54.1 Å². The number of piperazine rings is 1. The summed E-state index contributed by atoms with van der Waals surface area (Å²) in [7, 11) is 3.21. The molecule has 1 atom stereocenters. The van der Waals surface area contributed by atoms with Gasteiger partial charge in [0, 0.05) is 11.7 Å². The van der Waals surface area contributed by atoms with Gasteiger partial charge in [0.25, 0.3) is 5.91 Å². The molecule has 152 valence electrons. The molecule has 1 heterocycles. The minimum Gasteiger partial charge on any atom is -0.497 e. The van der Waals surface area contributed by atoms with Crippen molar-refractivity contribution < 1.29 is 19.1 Å². The van der Waals surface area contributed by atoms with E-state index >= 15 is 0 Å². The fourth-order valence-electron chi connectivity index (χ4n) is 4.35. The largest absolute Gasteiger partial charge is 0.497 e. The second-order valence-electron chi connectivity index (χ2n) is 7.54. The summed E-state index contributed by atoms with van der Waals surface area (Å²) in [4.78, 5) is 30.3. The number of carbonyl (C=O) groups is 2. The zero-order chi connectivity index (χ0) is 20.4. The highest BCUT2D eigenvalue weighted by Gasteiger charge is 2.44. The summed E-state index contributed by atoms with van der Waals surface area (Å²) in [5.41, 5.74) is 1.47. The van der Waals surface area contributed by atoms with Gasteiger partial charge in [-0.1, -0.05) is 25.0 Å². The Labute approximate surface area is 171 Å². The van der Waals surface area contributed by atoms with E-state index in [2.05, 4.69) is 0 Å². The van der Waals surface area contributed by atoms with E-state index < -0.39 is 6.04 Å². The van der Waals surface area contributed by atoms with Crippen LogP contribution >= 0.6 is 0 Å². The van der Waals surface area contributed by atoms with E-state index in [9.17, 15) is 9.59 Å². The molecule has 6 nitrogen and oxygen atoms in total. The molecule has 0 bridgehead atoms. The minimum absolute atomic E-state index is 0.0162. The van der Waals surface area contributed by atoms with Gasteiger partial charge in [-0.05, 0) is 54.8 Å². The zero-order valence-electron chi connectivity index (χ0n) is 16.8. The number of hydrogen-bond donors (Lipinski definition) is 0. The Morgan fingerprint density at radius 2 is 1.38 bits per heavy atom. The molecule has 0 N–H and O–H groups in total. The molecule has 1 unspecified atom stereocenters. The first kappa shape index (κ1) is 19.3. The van der Waals surface area contributed by atoms with Crippen LogP contribution in [0.1, 0.15) is 37.3 Å². The third-order valence-electron chi connectivity index (χ3n) is 5.90. The molecule has 2 fully saturated rings. The standard InChI is InChI=1S/C23H26N2O4/c1-28-19-11-7-16(8-12-19)22-23(27)24(17-5-3-4-6-17)15-21(26)25(22)18-9-13-20(29-2)14-10-18/h7-14,17,22H,3-6,15H2,1-2H3. The van der Waals surface area contributed by atoms with E-state index in [1.165, 1.54) is 0 Å². The molecule has 1 saturated carbocycles. The number of ether oxygens (including phenoxy) is 2. The third kappa shape index (κ3) is 3.67. The molecule has 1 aliphatic heterocycles. The van der Waals surface area contributed by atoms with Gasteiger partial charge in [0.1, 0.15) is 24.1 Å². The Morgan fingerprint density at radius 1 is 0.828 bits per heavy atom. The number of benzene rings is 2. The van der Waals surface area contributed by atoms with Crippen molar-refractivity contribution in [3.8, 4) is 11.5 Å². The maximum absolute atomic E-state index is 13.6. The molecule has 2 aliphatic rings. The minimum atomic E-state index is -0.684. The number of hydrogen-bond acceptors (Lipinski definition) is 4. The van der Waals surface area contributed by atoms with E-state index in [0.29, 0.717) is 17.2 Å². The van der Waals surface area contributed by atoms with Crippen LogP contribution in [0.25, 0.3) is 0 Å². The molecule has 0 radical (unpaired) electrons. The quantitative estimate of drug-likeness (QED) is 0.778. The van der Waals surface area contributed by atoms with Gasteiger partial charge in [-0.2, -0.15) is 0 Å². The van der Waals surface area contributed by atoms with Crippen molar-refractivity contribution >= 4 is 17.5 Å². The molecule has 2 amide bonds. The maximum Gasteiger partial charge on any atom is 0.251 e. The first-order valence-electron chi connectivity index (χ1n) is 10.0. The van der Waals surface area contributed by atoms with Crippen LogP contribution in [0.5, 0.6) is 11.5 Å². The van der Waals surface area contributed by atoms with Crippen LogP contribution in [0, 0.1) is 0 Å². The van der Waals surface area contributed by atoms with Crippen LogP contribution in [0.3, 0.4) is 0 Å². The van der Waals surface area contributed by atoms with Gasteiger partial charge < -0.3 is 14.4 Å². The molecule has 1 aliphatic carbocycles. The Morgan fingerprint density at radius 3 is 1.93 bits per heavy atom. The third-order valence-corrected chi connectivity index (χ3v) is 5.90. The zero-order valence-corrected chi connectivity index (χ0v) is 16.8. The van der Waals surface area contributed by atoms with E-state index in [0.717, 1.165) is 31.2 Å². The Bertz CT molecular complexity index is 873. The number of rotatable bonds is 5. The summed E-state index contributed by atoms with van der Waals surface area (Å²) in [5, 5.41) is 0. The predicted octanol–water partition coefficient (Wildman–Crippen LogP) is 3.56. The molecule has 4 rings (SSSR count). The second-order valence-corrected chi connectivity index (χ2v) is 7.54. The topological polar surface area (TPSA) is 59.1 Å². The smallest absolute Gasteiger partial charge is 0.251 e. The highest BCUT2D eigenvalue weighted by Crippen LogP contribution is 2.36. The number of carbonyl (C=O) groups excluding carboxylic acids is 2. The lowest BCUT2D eigenvalue weighted by Crippen LogP contribution is -2.58. The van der Waals surface area contributed by atoms with Crippen LogP contribution < -0.4 is 14.4 Å². The van der Waals surface area contributed by atoms with Gasteiger partial charge in [-0.3, -0.25) is 14.5 Å². The predicted molar refractivity (Wildman–Crippen MR) is 110 cm³/mol. The van der Waals surface area contributed by atoms with Gasteiger partial charge in [0.15, 0.2) is 0 Å². The average molecular weight is 394 g/mol. The highest BCUT2D eigenvalue weighted by atomic mass is 16.5. The molecular weight excluding hydrogens is 368 g/mol. The van der Waals surface area contributed by atoms with Gasteiger partial charge in [0.2, 0.25) is 5.91 Å². The molecule has 29 heavy (non-hydrogen) atoms. The van der Waals surface area contributed by atoms with Crippen molar-refractivity contribution in [2.75, 3.05) is 25.7 Å². The molecule has 6 heteroatoms. The normalized spacial score (nSPS) is 20.3. The van der Waals surface area contributed by atoms with E-state index in [1.54, 1.807) is 24.0 Å². The SMILES string of the molecule is COc1ccc(C2C(=O)N(C3CCCC3)CC(=O)N2c2ccc(OC)cc2)cc1. The van der Waals surface area contributed by atoms with Gasteiger partial charge in [0.05, 0.1) is 14.2 Å². The number of anilines is 1. The fourth-order valence-corrected chi connectivity index (χ4v) is 4.35. The van der Waals surface area contributed by atoms with Crippen molar-refractivity contribution in [1.82, 2.24) is 4.90 Å². The van der Waals surface area contributed by atoms with Crippen molar-refractivity contribution in [2.45, 2.75) is 37.8 Å². The van der Waals surface area contributed by atoms with E-state index in [4.69, 9.17) is 9.47 Å². The van der Waals surface area contributed by atoms with E-state index in [-0.39, 0.29) is 24.4 Å². The lowest BCUT2D eigenvalue weighted by atomic mass is 9.98. The molecular formula is C23H26N2O4. The second kappa shape index (κ2) is 8.15. The summed E-state index contributed by atoms with van der Waals surface area (Å²) in [6.07, 6.45) is 4.16. The van der Waals surface area contributed by atoms with Gasteiger partial charge >= 0.3 is 0 Å². The summed E-state index contributed by atoms with van der Waals surface area (Å²) >= 11 is 0. The summed E-state index contributed by atoms with van der Waals surface area (Å²) in [6.45, 7) is 0.127. The van der Waals surface area contributed by atoms with Gasteiger partial charge in [-0.15, -0.1) is 0 Å². The fraction of sp³-hybridized carbons (Fsp3) is 0.391. The lowest BCUT2D eigenvalue weighted by molar-refractivity contribution is -0.144. The van der Waals surface area contributed by atoms with Crippen molar-refractivity contribution in [1.29, 1.82) is 0 Å². The van der Waals surface area contributed by atoms with Crippen molar-refractivity contribution in [3.63, 3.8) is 0 Å². The number of methoxy groups -OCH3 is 2. The van der Waals surface area contributed by atoms with Crippen LogP contribution in [-0.4, -0.2) is 43.5 Å². The first-order chi connectivity index (χ1) is 14.1. The van der Waals surface area contributed by atoms with Crippen LogP contribution in [0.15, 0.2) is 48.5 Å². The molecule has 2 aromatic rings. The lowest BCUT2D eigenvalue weighted by Gasteiger charge is -2.42. The van der Waals surface area contributed by atoms with Gasteiger partial charge in [-0.25, -0.2) is 0 Å². The summed E-state index contributed by atoms with van der Waals surface area (Å²) in [5.74, 6) is 1.34. The molecule has 2 aromatic carbocycles. The Hall–Kier alpha value is -3.02. The molecule has 0 spiro atoms. The summed E-state index contributed by atoms with van der Waals surface area (Å²) < 4.78 is 10.5. The Kier molecular flexibility index (Phi) is 5.43. The van der Waals surface area contributed by atoms with Crippen molar-refractivity contribution in [2.24, 2.45) is 0 Å². The monoisotopic (exact) mass is 394 g/mol. The maximum atomic E-state index is 13.6. The number of amides is 2. The van der Waals surface area contributed by atoms with E-state index in [1.807, 2.05) is 48.5 Å². The number of nitrogens with zero attached hydrogens (tertiary/aromatic N) is 2. The van der Waals surface area contributed by atoms with Crippen LogP contribution in [-0.2, 0) is 9.59 Å². The highest BCUT2D eigenvalue weighted by molar-refractivity contribution is 6.07. The average Bonchev–Trinajstić information content (AvgIpc) is 3.30. The van der Waals surface area contributed by atoms with Crippen LogP contribution in [0.4, 0.5) is 5.69 Å². The molecule has 1 saturated heterocycles. The Balaban J connectivity index is 1.74. The van der Waals surface area contributed by atoms with Crippen LogP contribution in [0.2, 0.25) is 0 Å². The first-order valence-corrected chi connectivity index (χ1v) is 10.0. The molecule has 0 aromatic heterocycles.